The van der Waals surface area contributed by atoms with E-state index in [1.54, 1.807) is 11.8 Å². The van der Waals surface area contributed by atoms with E-state index in [0.29, 0.717) is 0 Å². The average molecular weight is 304 g/mol. The lowest BCUT2D eigenvalue weighted by Crippen LogP contribution is -2.15. The summed E-state index contributed by atoms with van der Waals surface area (Å²) in [7, 11) is 0. The summed E-state index contributed by atoms with van der Waals surface area (Å²) in [4.78, 5) is 2.48. The van der Waals surface area contributed by atoms with Crippen molar-refractivity contribution < 1.29 is 0 Å². The van der Waals surface area contributed by atoms with Crippen LogP contribution in [0.1, 0.15) is 24.0 Å². The molecule has 3 rings (SSSR count). The second kappa shape index (κ2) is 6.21. The normalized spacial score (nSPS) is 14.5. The van der Waals surface area contributed by atoms with Crippen LogP contribution in [0.5, 0.6) is 0 Å². The van der Waals surface area contributed by atoms with Crippen LogP contribution in [-0.2, 0) is 6.54 Å². The molecule has 0 radical (unpaired) electrons. The standard InChI is InChI=1S/C17H18ClNS/c1-12-9-13(11-19-15-6-7-15)5-8-17(12)20-16-4-2-3-14(18)10-16/h2-5,8-10,15,19H,6-7,11H2,1H3. The van der Waals surface area contributed by atoms with E-state index in [1.165, 1.54) is 33.8 Å². The van der Waals surface area contributed by atoms with Gasteiger partial charge < -0.3 is 5.32 Å². The molecule has 2 aromatic rings. The molecule has 0 saturated heterocycles. The van der Waals surface area contributed by atoms with E-state index < -0.39 is 0 Å². The number of aryl methyl sites for hydroxylation is 1. The van der Waals surface area contributed by atoms with Gasteiger partial charge in [0.1, 0.15) is 0 Å². The predicted molar refractivity (Wildman–Crippen MR) is 86.6 cm³/mol. The van der Waals surface area contributed by atoms with Gasteiger partial charge in [-0.15, -0.1) is 0 Å². The van der Waals surface area contributed by atoms with Crippen LogP contribution in [0.15, 0.2) is 52.3 Å². The first-order valence-electron chi connectivity index (χ1n) is 6.97. The molecule has 0 bridgehead atoms. The Balaban J connectivity index is 1.69. The first-order valence-corrected chi connectivity index (χ1v) is 8.16. The molecule has 0 unspecified atom stereocenters. The molecule has 0 amide bonds. The molecule has 0 aliphatic heterocycles. The molecule has 1 aliphatic carbocycles. The topological polar surface area (TPSA) is 12.0 Å². The van der Waals surface area contributed by atoms with Crippen LogP contribution in [0, 0.1) is 6.92 Å². The average Bonchev–Trinajstić information content (AvgIpc) is 3.23. The summed E-state index contributed by atoms with van der Waals surface area (Å²) in [6, 6.07) is 15.5. The monoisotopic (exact) mass is 303 g/mol. The van der Waals surface area contributed by atoms with Crippen molar-refractivity contribution in [1.29, 1.82) is 0 Å². The van der Waals surface area contributed by atoms with Gasteiger partial charge in [0, 0.05) is 27.4 Å². The highest BCUT2D eigenvalue weighted by Gasteiger charge is 2.19. The van der Waals surface area contributed by atoms with E-state index in [2.05, 4.69) is 36.5 Å². The molecule has 104 valence electrons. The summed E-state index contributed by atoms with van der Waals surface area (Å²) in [5.41, 5.74) is 2.69. The molecule has 1 fully saturated rings. The van der Waals surface area contributed by atoms with Gasteiger partial charge in [0.25, 0.3) is 0 Å². The Labute approximate surface area is 129 Å². The van der Waals surface area contributed by atoms with Gasteiger partial charge >= 0.3 is 0 Å². The van der Waals surface area contributed by atoms with Crippen molar-refractivity contribution in [3.63, 3.8) is 0 Å². The minimum atomic E-state index is 0.760. The molecule has 1 aliphatic rings. The van der Waals surface area contributed by atoms with Gasteiger partial charge in [0.05, 0.1) is 0 Å². The fourth-order valence-corrected chi connectivity index (χ4v) is 3.34. The number of halogens is 1. The zero-order valence-corrected chi connectivity index (χ0v) is 13.1. The summed E-state index contributed by atoms with van der Waals surface area (Å²) in [5.74, 6) is 0. The molecule has 0 spiro atoms. The summed E-state index contributed by atoms with van der Waals surface area (Å²) in [5, 5.41) is 4.34. The van der Waals surface area contributed by atoms with E-state index in [0.717, 1.165) is 17.6 Å². The van der Waals surface area contributed by atoms with Crippen LogP contribution >= 0.6 is 23.4 Å². The first-order chi connectivity index (χ1) is 9.70. The number of rotatable bonds is 5. The van der Waals surface area contributed by atoms with Gasteiger partial charge in [0.15, 0.2) is 0 Å². The summed E-state index contributed by atoms with van der Waals surface area (Å²) in [6.07, 6.45) is 2.67. The maximum Gasteiger partial charge on any atom is 0.0417 e. The van der Waals surface area contributed by atoms with Crippen molar-refractivity contribution in [3.05, 3.63) is 58.6 Å². The molecule has 0 heterocycles. The fraction of sp³-hybridized carbons (Fsp3) is 0.294. The third-order valence-electron chi connectivity index (χ3n) is 3.44. The molecular weight excluding hydrogens is 286 g/mol. The Morgan fingerprint density at radius 3 is 2.75 bits per heavy atom. The molecule has 1 saturated carbocycles. The van der Waals surface area contributed by atoms with Gasteiger partial charge in [-0.25, -0.2) is 0 Å². The highest BCUT2D eigenvalue weighted by molar-refractivity contribution is 7.99. The van der Waals surface area contributed by atoms with Crippen LogP contribution < -0.4 is 5.32 Å². The van der Waals surface area contributed by atoms with Crippen molar-refractivity contribution in [2.24, 2.45) is 0 Å². The van der Waals surface area contributed by atoms with Crippen molar-refractivity contribution >= 4 is 23.4 Å². The number of hydrogen-bond acceptors (Lipinski definition) is 2. The quantitative estimate of drug-likeness (QED) is 0.829. The van der Waals surface area contributed by atoms with Crippen LogP contribution in [-0.4, -0.2) is 6.04 Å². The molecule has 1 nitrogen and oxygen atoms in total. The van der Waals surface area contributed by atoms with Gasteiger partial charge in [-0.2, -0.15) is 0 Å². The zero-order chi connectivity index (χ0) is 13.9. The second-order valence-electron chi connectivity index (χ2n) is 5.31. The van der Waals surface area contributed by atoms with E-state index in [1.807, 2.05) is 18.2 Å². The van der Waals surface area contributed by atoms with Gasteiger partial charge in [0.2, 0.25) is 0 Å². The summed E-state index contributed by atoms with van der Waals surface area (Å²) in [6.45, 7) is 3.15. The third-order valence-corrected chi connectivity index (χ3v) is 4.84. The van der Waals surface area contributed by atoms with Crippen molar-refractivity contribution in [2.45, 2.75) is 42.1 Å². The SMILES string of the molecule is Cc1cc(CNC2CC2)ccc1Sc1cccc(Cl)c1. The molecule has 0 atom stereocenters. The zero-order valence-electron chi connectivity index (χ0n) is 11.5. The smallest absolute Gasteiger partial charge is 0.0417 e. The lowest BCUT2D eigenvalue weighted by atomic mass is 10.1. The molecule has 0 aromatic heterocycles. The highest BCUT2D eigenvalue weighted by atomic mass is 35.5. The molecular formula is C17H18ClNS. The maximum absolute atomic E-state index is 6.03. The Morgan fingerprint density at radius 1 is 1.20 bits per heavy atom. The van der Waals surface area contributed by atoms with Gasteiger partial charge in [-0.1, -0.05) is 41.6 Å². The summed E-state index contributed by atoms with van der Waals surface area (Å²) >= 11 is 7.80. The van der Waals surface area contributed by atoms with Gasteiger partial charge in [-0.3, -0.25) is 0 Å². The lowest BCUT2D eigenvalue weighted by molar-refractivity contribution is 0.687. The minimum absolute atomic E-state index is 0.760. The van der Waals surface area contributed by atoms with Gasteiger partial charge in [-0.05, 0) is 55.2 Å². The number of nitrogens with one attached hydrogen (secondary N) is 1. The van der Waals surface area contributed by atoms with Crippen LogP contribution in [0.3, 0.4) is 0 Å². The molecule has 1 N–H and O–H groups in total. The fourth-order valence-electron chi connectivity index (χ4n) is 2.14. The molecule has 2 aromatic carbocycles. The maximum atomic E-state index is 6.03. The number of hydrogen-bond donors (Lipinski definition) is 1. The largest absolute Gasteiger partial charge is 0.310 e. The minimum Gasteiger partial charge on any atom is -0.310 e. The third kappa shape index (κ3) is 3.78. The highest BCUT2D eigenvalue weighted by Crippen LogP contribution is 2.32. The summed E-state index contributed by atoms with van der Waals surface area (Å²) < 4.78 is 0. The number of benzene rings is 2. The van der Waals surface area contributed by atoms with Crippen LogP contribution in [0.25, 0.3) is 0 Å². The Hall–Kier alpha value is -0.960. The Morgan fingerprint density at radius 2 is 2.05 bits per heavy atom. The van der Waals surface area contributed by atoms with Crippen LogP contribution in [0.4, 0.5) is 0 Å². The molecule has 20 heavy (non-hydrogen) atoms. The van der Waals surface area contributed by atoms with E-state index in [9.17, 15) is 0 Å². The Bertz CT molecular complexity index is 608. The molecule has 3 heteroatoms. The second-order valence-corrected chi connectivity index (χ2v) is 6.87. The van der Waals surface area contributed by atoms with E-state index in [4.69, 9.17) is 11.6 Å². The van der Waals surface area contributed by atoms with Crippen molar-refractivity contribution in [1.82, 2.24) is 5.32 Å². The van der Waals surface area contributed by atoms with E-state index >= 15 is 0 Å². The van der Waals surface area contributed by atoms with Crippen molar-refractivity contribution in [3.8, 4) is 0 Å². The van der Waals surface area contributed by atoms with E-state index in [-0.39, 0.29) is 0 Å². The predicted octanol–water partition coefficient (Wildman–Crippen LogP) is 5.05. The Kier molecular flexibility index (Phi) is 4.35. The van der Waals surface area contributed by atoms with Crippen molar-refractivity contribution in [2.75, 3.05) is 0 Å². The lowest BCUT2D eigenvalue weighted by Gasteiger charge is -2.09. The first kappa shape index (κ1) is 14.0. The van der Waals surface area contributed by atoms with Crippen LogP contribution in [0.2, 0.25) is 5.02 Å².